The predicted octanol–water partition coefficient (Wildman–Crippen LogP) is 4.88. The summed E-state index contributed by atoms with van der Waals surface area (Å²) in [6.45, 7) is 9.11. The molecule has 0 aliphatic rings. The number of aryl methyl sites for hydroxylation is 2. The normalized spacial score (nSPS) is 12.0. The standard InChI is InChI=1S/C18H23NO/c1-5-20-18-9-7-6-8-17(18)15(4)19-16-11-13(2)10-14(3)12-16/h6-12,15,19H,5H2,1-4H3. The van der Waals surface area contributed by atoms with Gasteiger partial charge >= 0.3 is 0 Å². The maximum atomic E-state index is 5.70. The highest BCUT2D eigenvalue weighted by molar-refractivity contribution is 5.51. The number of hydrogen-bond acceptors (Lipinski definition) is 2. The quantitative estimate of drug-likeness (QED) is 0.835. The minimum absolute atomic E-state index is 0.207. The number of rotatable bonds is 5. The van der Waals surface area contributed by atoms with E-state index >= 15 is 0 Å². The SMILES string of the molecule is CCOc1ccccc1C(C)Nc1cc(C)cc(C)c1. The van der Waals surface area contributed by atoms with Gasteiger partial charge in [0.15, 0.2) is 0 Å². The fourth-order valence-electron chi connectivity index (χ4n) is 2.51. The molecule has 1 atom stereocenters. The topological polar surface area (TPSA) is 21.3 Å². The summed E-state index contributed by atoms with van der Waals surface area (Å²) in [5.41, 5.74) is 4.89. The third-order valence-electron chi connectivity index (χ3n) is 3.29. The van der Waals surface area contributed by atoms with Crippen LogP contribution >= 0.6 is 0 Å². The number of benzene rings is 2. The van der Waals surface area contributed by atoms with Gasteiger partial charge in [0.1, 0.15) is 5.75 Å². The fourth-order valence-corrected chi connectivity index (χ4v) is 2.51. The van der Waals surface area contributed by atoms with Gasteiger partial charge in [-0.1, -0.05) is 24.3 Å². The fraction of sp³-hybridized carbons (Fsp3) is 0.333. The third-order valence-corrected chi connectivity index (χ3v) is 3.29. The van der Waals surface area contributed by atoms with Crippen LogP contribution in [0.3, 0.4) is 0 Å². The van der Waals surface area contributed by atoms with E-state index in [1.54, 1.807) is 0 Å². The van der Waals surface area contributed by atoms with E-state index in [0.29, 0.717) is 6.61 Å². The molecule has 0 saturated heterocycles. The summed E-state index contributed by atoms with van der Waals surface area (Å²) in [7, 11) is 0. The monoisotopic (exact) mass is 269 g/mol. The van der Waals surface area contributed by atoms with Gasteiger partial charge in [-0.25, -0.2) is 0 Å². The molecule has 2 rings (SSSR count). The Balaban J connectivity index is 2.21. The van der Waals surface area contributed by atoms with Crippen LogP contribution in [-0.4, -0.2) is 6.61 Å². The van der Waals surface area contributed by atoms with Crippen molar-refractivity contribution in [3.63, 3.8) is 0 Å². The molecule has 2 aromatic carbocycles. The number of nitrogens with one attached hydrogen (secondary N) is 1. The summed E-state index contributed by atoms with van der Waals surface area (Å²) in [5.74, 6) is 0.958. The van der Waals surface area contributed by atoms with Crippen molar-refractivity contribution in [2.75, 3.05) is 11.9 Å². The van der Waals surface area contributed by atoms with Gasteiger partial charge in [-0.05, 0) is 57.0 Å². The molecule has 2 nitrogen and oxygen atoms in total. The first kappa shape index (κ1) is 14.4. The number of anilines is 1. The van der Waals surface area contributed by atoms with Crippen LogP contribution in [0, 0.1) is 13.8 Å². The molecule has 2 aromatic rings. The second kappa shape index (κ2) is 6.47. The largest absolute Gasteiger partial charge is 0.494 e. The first-order chi connectivity index (χ1) is 9.60. The van der Waals surface area contributed by atoms with Crippen molar-refractivity contribution in [3.8, 4) is 5.75 Å². The van der Waals surface area contributed by atoms with Gasteiger partial charge in [-0.3, -0.25) is 0 Å². The Morgan fingerprint density at radius 2 is 1.70 bits per heavy atom. The second-order valence-corrected chi connectivity index (χ2v) is 5.21. The Labute approximate surface area is 121 Å². The van der Waals surface area contributed by atoms with E-state index in [-0.39, 0.29) is 6.04 Å². The van der Waals surface area contributed by atoms with Crippen molar-refractivity contribution in [1.82, 2.24) is 0 Å². The molecule has 0 saturated carbocycles. The van der Waals surface area contributed by atoms with Gasteiger partial charge in [-0.15, -0.1) is 0 Å². The molecule has 20 heavy (non-hydrogen) atoms. The van der Waals surface area contributed by atoms with Gasteiger partial charge in [0.05, 0.1) is 12.6 Å². The first-order valence-electron chi connectivity index (χ1n) is 7.16. The highest BCUT2D eigenvalue weighted by Crippen LogP contribution is 2.28. The molecule has 0 spiro atoms. The molecule has 0 aliphatic heterocycles. The molecule has 0 amide bonds. The molecule has 0 aromatic heterocycles. The molecule has 2 heteroatoms. The maximum absolute atomic E-state index is 5.70. The molecular weight excluding hydrogens is 246 g/mol. The minimum Gasteiger partial charge on any atom is -0.494 e. The second-order valence-electron chi connectivity index (χ2n) is 5.21. The molecule has 106 valence electrons. The summed E-state index contributed by atoms with van der Waals surface area (Å²) in [6.07, 6.45) is 0. The van der Waals surface area contributed by atoms with Crippen molar-refractivity contribution >= 4 is 5.69 Å². The van der Waals surface area contributed by atoms with Crippen LogP contribution in [-0.2, 0) is 0 Å². The first-order valence-corrected chi connectivity index (χ1v) is 7.16. The Bertz CT molecular complexity index is 557. The number of ether oxygens (including phenoxy) is 1. The van der Waals surface area contributed by atoms with Crippen LogP contribution in [0.1, 0.15) is 36.6 Å². The Kier molecular flexibility index (Phi) is 4.67. The lowest BCUT2D eigenvalue weighted by Crippen LogP contribution is -2.09. The lowest BCUT2D eigenvalue weighted by Gasteiger charge is -2.19. The summed E-state index contributed by atoms with van der Waals surface area (Å²) >= 11 is 0. The zero-order valence-electron chi connectivity index (χ0n) is 12.7. The molecule has 1 unspecified atom stereocenters. The molecule has 0 heterocycles. The van der Waals surface area contributed by atoms with Crippen LogP contribution in [0.5, 0.6) is 5.75 Å². The Hall–Kier alpha value is -1.96. The van der Waals surface area contributed by atoms with E-state index < -0.39 is 0 Å². The van der Waals surface area contributed by atoms with Crippen molar-refractivity contribution in [2.45, 2.75) is 33.7 Å². The number of para-hydroxylation sites is 1. The summed E-state index contributed by atoms with van der Waals surface area (Å²) < 4.78 is 5.70. The van der Waals surface area contributed by atoms with Gasteiger partial charge in [0.2, 0.25) is 0 Å². The van der Waals surface area contributed by atoms with Gasteiger partial charge < -0.3 is 10.1 Å². The molecule has 0 bridgehead atoms. The van der Waals surface area contributed by atoms with Crippen LogP contribution in [0.25, 0.3) is 0 Å². The minimum atomic E-state index is 0.207. The number of hydrogen-bond donors (Lipinski definition) is 1. The van der Waals surface area contributed by atoms with E-state index in [0.717, 1.165) is 11.4 Å². The van der Waals surface area contributed by atoms with E-state index in [4.69, 9.17) is 4.74 Å². The lowest BCUT2D eigenvalue weighted by atomic mass is 10.1. The highest BCUT2D eigenvalue weighted by atomic mass is 16.5. The van der Waals surface area contributed by atoms with Crippen LogP contribution in [0.4, 0.5) is 5.69 Å². The summed E-state index contributed by atoms with van der Waals surface area (Å²) in [5, 5.41) is 3.56. The molecule has 0 fully saturated rings. The highest BCUT2D eigenvalue weighted by Gasteiger charge is 2.11. The summed E-state index contributed by atoms with van der Waals surface area (Å²) in [4.78, 5) is 0. The Morgan fingerprint density at radius 1 is 1.05 bits per heavy atom. The zero-order chi connectivity index (χ0) is 14.5. The van der Waals surface area contributed by atoms with Crippen LogP contribution in [0.15, 0.2) is 42.5 Å². The molecule has 0 radical (unpaired) electrons. The van der Waals surface area contributed by atoms with E-state index in [9.17, 15) is 0 Å². The molecule has 0 aliphatic carbocycles. The molecule has 1 N–H and O–H groups in total. The van der Waals surface area contributed by atoms with Crippen LogP contribution in [0.2, 0.25) is 0 Å². The lowest BCUT2D eigenvalue weighted by molar-refractivity contribution is 0.335. The van der Waals surface area contributed by atoms with Crippen molar-refractivity contribution in [3.05, 3.63) is 59.2 Å². The predicted molar refractivity (Wildman–Crippen MR) is 85.6 cm³/mol. The van der Waals surface area contributed by atoms with E-state index in [1.807, 2.05) is 19.1 Å². The van der Waals surface area contributed by atoms with Crippen molar-refractivity contribution in [1.29, 1.82) is 0 Å². The average molecular weight is 269 g/mol. The van der Waals surface area contributed by atoms with Gasteiger partial charge in [0.25, 0.3) is 0 Å². The van der Waals surface area contributed by atoms with Crippen molar-refractivity contribution < 1.29 is 4.74 Å². The van der Waals surface area contributed by atoms with Gasteiger partial charge in [-0.2, -0.15) is 0 Å². The average Bonchev–Trinajstić information content (AvgIpc) is 2.38. The van der Waals surface area contributed by atoms with E-state index in [2.05, 4.69) is 56.4 Å². The summed E-state index contributed by atoms with van der Waals surface area (Å²) in [6, 6.07) is 14.9. The van der Waals surface area contributed by atoms with Crippen molar-refractivity contribution in [2.24, 2.45) is 0 Å². The Morgan fingerprint density at radius 3 is 2.35 bits per heavy atom. The molecular formula is C18H23NO. The smallest absolute Gasteiger partial charge is 0.124 e. The van der Waals surface area contributed by atoms with Gasteiger partial charge in [0, 0.05) is 11.3 Å². The van der Waals surface area contributed by atoms with Crippen LogP contribution < -0.4 is 10.1 Å². The van der Waals surface area contributed by atoms with E-state index in [1.165, 1.54) is 16.7 Å². The third kappa shape index (κ3) is 3.53. The maximum Gasteiger partial charge on any atom is 0.124 e. The zero-order valence-corrected chi connectivity index (χ0v) is 12.7.